The minimum absolute atomic E-state index is 0.00936. The molecular formula is C23H24N8O4S. The second-order valence-electron chi connectivity index (χ2n) is 8.15. The van der Waals surface area contributed by atoms with Gasteiger partial charge in [0.2, 0.25) is 5.91 Å². The average Bonchev–Trinajstić information content (AvgIpc) is 3.12. The highest BCUT2D eigenvalue weighted by molar-refractivity contribution is 7.92. The fourth-order valence-corrected chi connectivity index (χ4v) is 4.54. The van der Waals surface area contributed by atoms with Crippen molar-refractivity contribution < 1.29 is 13.2 Å². The van der Waals surface area contributed by atoms with Crippen molar-refractivity contribution in [3.05, 3.63) is 81.8 Å². The molecule has 0 unspecified atom stereocenters. The van der Waals surface area contributed by atoms with Crippen LogP contribution in [0.15, 0.2) is 58.2 Å². The summed E-state index contributed by atoms with van der Waals surface area (Å²) in [6.07, 6.45) is 0. The summed E-state index contributed by atoms with van der Waals surface area (Å²) >= 11 is 0. The third-order valence-corrected chi connectivity index (χ3v) is 6.40. The summed E-state index contributed by atoms with van der Waals surface area (Å²) in [7, 11) is -3.90. The van der Waals surface area contributed by atoms with Crippen LogP contribution in [0.5, 0.6) is 0 Å². The summed E-state index contributed by atoms with van der Waals surface area (Å²) in [6.45, 7) is 6.78. The van der Waals surface area contributed by atoms with Crippen LogP contribution in [0.3, 0.4) is 0 Å². The van der Waals surface area contributed by atoms with Crippen molar-refractivity contribution in [3.8, 4) is 5.82 Å². The van der Waals surface area contributed by atoms with Gasteiger partial charge in [0.1, 0.15) is 18.2 Å². The van der Waals surface area contributed by atoms with E-state index in [1.165, 1.54) is 42.5 Å². The predicted octanol–water partition coefficient (Wildman–Crippen LogP) is 1.89. The minimum Gasteiger partial charge on any atom is -0.324 e. The summed E-state index contributed by atoms with van der Waals surface area (Å²) < 4.78 is 30.4. The Labute approximate surface area is 207 Å². The number of anilines is 2. The molecule has 4 rings (SSSR count). The third-order valence-electron chi connectivity index (χ3n) is 5.03. The minimum atomic E-state index is -3.90. The molecule has 0 saturated heterocycles. The van der Waals surface area contributed by atoms with E-state index >= 15 is 0 Å². The van der Waals surface area contributed by atoms with Crippen LogP contribution in [0.2, 0.25) is 0 Å². The van der Waals surface area contributed by atoms with Crippen LogP contribution in [0.4, 0.5) is 11.5 Å². The first-order valence-corrected chi connectivity index (χ1v) is 12.4. The van der Waals surface area contributed by atoms with Crippen LogP contribution >= 0.6 is 0 Å². The number of amides is 1. The topological polar surface area (TPSA) is 154 Å². The highest BCUT2D eigenvalue weighted by Gasteiger charge is 2.16. The van der Waals surface area contributed by atoms with Gasteiger partial charge in [0.05, 0.1) is 10.6 Å². The molecule has 0 aliphatic rings. The van der Waals surface area contributed by atoms with Gasteiger partial charge in [0, 0.05) is 29.2 Å². The lowest BCUT2D eigenvalue weighted by Gasteiger charge is -2.11. The van der Waals surface area contributed by atoms with Crippen LogP contribution in [-0.2, 0) is 21.4 Å². The van der Waals surface area contributed by atoms with Crippen molar-refractivity contribution in [2.75, 3.05) is 10.0 Å². The molecule has 1 amide bonds. The van der Waals surface area contributed by atoms with Crippen molar-refractivity contribution in [1.82, 2.24) is 29.5 Å². The normalized spacial score (nSPS) is 11.3. The number of hydrogen-bond acceptors (Lipinski definition) is 8. The van der Waals surface area contributed by atoms with E-state index < -0.39 is 21.5 Å². The number of benzene rings is 1. The van der Waals surface area contributed by atoms with Gasteiger partial charge in [0.15, 0.2) is 5.82 Å². The largest absolute Gasteiger partial charge is 0.324 e. The molecule has 36 heavy (non-hydrogen) atoms. The van der Waals surface area contributed by atoms with Crippen molar-refractivity contribution in [1.29, 1.82) is 0 Å². The molecule has 0 bridgehead atoms. The van der Waals surface area contributed by atoms with Crippen LogP contribution < -0.4 is 15.6 Å². The van der Waals surface area contributed by atoms with E-state index in [1.807, 2.05) is 19.9 Å². The van der Waals surface area contributed by atoms with E-state index in [0.717, 1.165) is 16.1 Å². The predicted molar refractivity (Wildman–Crippen MR) is 132 cm³/mol. The quantitative estimate of drug-likeness (QED) is 0.384. The zero-order valence-electron chi connectivity index (χ0n) is 20.1. The highest BCUT2D eigenvalue weighted by Crippen LogP contribution is 2.18. The number of aryl methyl sites for hydroxylation is 4. The molecule has 2 N–H and O–H groups in total. The van der Waals surface area contributed by atoms with Gasteiger partial charge in [-0.2, -0.15) is 5.10 Å². The monoisotopic (exact) mass is 508 g/mol. The maximum atomic E-state index is 12.7. The summed E-state index contributed by atoms with van der Waals surface area (Å²) in [5.74, 6) is 0.512. The molecule has 3 aromatic heterocycles. The second-order valence-corrected chi connectivity index (χ2v) is 9.83. The number of nitrogens with zero attached hydrogens (tertiary/aromatic N) is 6. The van der Waals surface area contributed by atoms with Gasteiger partial charge in [0.25, 0.3) is 15.6 Å². The fraction of sp³-hybridized carbons (Fsp3) is 0.217. The van der Waals surface area contributed by atoms with Crippen molar-refractivity contribution in [2.24, 2.45) is 0 Å². The Morgan fingerprint density at radius 1 is 0.917 bits per heavy atom. The van der Waals surface area contributed by atoms with Crippen LogP contribution in [0.1, 0.15) is 22.9 Å². The molecule has 13 heteroatoms. The summed E-state index contributed by atoms with van der Waals surface area (Å²) in [5, 5.41) is 11.2. The Bertz CT molecular complexity index is 1590. The fourth-order valence-electron chi connectivity index (χ4n) is 3.55. The van der Waals surface area contributed by atoms with Crippen LogP contribution in [0.25, 0.3) is 5.82 Å². The molecule has 186 valence electrons. The Balaban J connectivity index is 1.45. The van der Waals surface area contributed by atoms with E-state index in [9.17, 15) is 18.0 Å². The van der Waals surface area contributed by atoms with Gasteiger partial charge in [-0.3, -0.25) is 14.3 Å². The first kappa shape index (κ1) is 24.7. The van der Waals surface area contributed by atoms with Crippen molar-refractivity contribution >= 4 is 27.4 Å². The van der Waals surface area contributed by atoms with Gasteiger partial charge >= 0.3 is 0 Å². The highest BCUT2D eigenvalue weighted by atomic mass is 32.2. The number of nitrogens with one attached hydrogen (secondary N) is 2. The van der Waals surface area contributed by atoms with E-state index in [1.54, 1.807) is 18.5 Å². The molecule has 1 aromatic carbocycles. The van der Waals surface area contributed by atoms with Crippen LogP contribution in [-0.4, -0.2) is 43.9 Å². The molecule has 3 heterocycles. The molecule has 0 fully saturated rings. The van der Waals surface area contributed by atoms with E-state index in [0.29, 0.717) is 23.0 Å². The summed E-state index contributed by atoms with van der Waals surface area (Å²) in [6, 6.07) is 11.9. The van der Waals surface area contributed by atoms with Gasteiger partial charge in [-0.1, -0.05) is 0 Å². The molecule has 0 aliphatic carbocycles. The standard InChI is InChI=1S/C23H24N8O4S/c1-14-12-20(25-17(4)24-14)29-36(34,35)19-7-5-18(6-8-19)26-22(32)13-30-23(33)10-9-21(28-30)31-16(3)11-15(2)27-31/h5-12H,13H2,1-4H3,(H,26,32)(H,24,25,29). The first-order chi connectivity index (χ1) is 17.0. The third kappa shape index (κ3) is 5.63. The zero-order valence-corrected chi connectivity index (χ0v) is 20.9. The molecule has 12 nitrogen and oxygen atoms in total. The number of hydrogen-bond donors (Lipinski definition) is 2. The van der Waals surface area contributed by atoms with Crippen molar-refractivity contribution in [3.63, 3.8) is 0 Å². The second kappa shape index (κ2) is 9.70. The van der Waals surface area contributed by atoms with Gasteiger partial charge < -0.3 is 5.32 Å². The van der Waals surface area contributed by atoms with Crippen molar-refractivity contribution in [2.45, 2.75) is 39.1 Å². The lowest BCUT2D eigenvalue weighted by Crippen LogP contribution is -2.30. The average molecular weight is 509 g/mol. The number of aromatic nitrogens is 6. The number of carbonyl (C=O) groups excluding carboxylic acids is 1. The molecule has 0 atom stereocenters. The maximum absolute atomic E-state index is 12.7. The molecule has 0 spiro atoms. The first-order valence-electron chi connectivity index (χ1n) is 10.9. The Hall–Kier alpha value is -4.39. The molecule has 0 aliphatic heterocycles. The van der Waals surface area contributed by atoms with E-state index in [-0.39, 0.29) is 17.3 Å². The van der Waals surface area contributed by atoms with E-state index in [2.05, 4.69) is 30.2 Å². The lowest BCUT2D eigenvalue weighted by atomic mass is 10.3. The summed E-state index contributed by atoms with van der Waals surface area (Å²) in [5.41, 5.74) is 2.18. The molecule has 0 saturated carbocycles. The molecule has 0 radical (unpaired) electrons. The Morgan fingerprint density at radius 3 is 2.28 bits per heavy atom. The van der Waals surface area contributed by atoms with E-state index in [4.69, 9.17) is 0 Å². The number of carbonyl (C=O) groups is 1. The zero-order chi connectivity index (χ0) is 26.0. The maximum Gasteiger partial charge on any atom is 0.267 e. The van der Waals surface area contributed by atoms with Crippen LogP contribution in [0, 0.1) is 27.7 Å². The SMILES string of the molecule is Cc1cc(NS(=O)(=O)c2ccc(NC(=O)Cn3nc(-n4nc(C)cc4C)ccc3=O)cc2)nc(C)n1. The number of rotatable bonds is 7. The lowest BCUT2D eigenvalue weighted by molar-refractivity contribution is -0.117. The van der Waals surface area contributed by atoms with Gasteiger partial charge in [-0.25, -0.2) is 27.7 Å². The smallest absolute Gasteiger partial charge is 0.267 e. The molecule has 4 aromatic rings. The van der Waals surface area contributed by atoms with Gasteiger partial charge in [-0.15, -0.1) is 5.10 Å². The van der Waals surface area contributed by atoms with Gasteiger partial charge in [-0.05, 0) is 64.1 Å². The Kier molecular flexibility index (Phi) is 6.66. The number of sulfonamides is 1. The Morgan fingerprint density at radius 2 is 1.64 bits per heavy atom. The summed E-state index contributed by atoms with van der Waals surface area (Å²) in [4.78, 5) is 33.0. The molecular weight excluding hydrogens is 484 g/mol.